The number of nitrogens with zero attached hydrogens (tertiary/aromatic N) is 3. The number of aromatic nitrogens is 2. The van der Waals surface area contributed by atoms with E-state index in [1.807, 2.05) is 18.3 Å². The minimum absolute atomic E-state index is 0.175. The average Bonchev–Trinajstić information content (AvgIpc) is 3.32. The summed E-state index contributed by atoms with van der Waals surface area (Å²) in [6.07, 6.45) is 9.94. The van der Waals surface area contributed by atoms with Crippen molar-refractivity contribution in [3.63, 3.8) is 0 Å². The van der Waals surface area contributed by atoms with E-state index >= 15 is 0 Å². The van der Waals surface area contributed by atoms with E-state index < -0.39 is 0 Å². The van der Waals surface area contributed by atoms with Crippen molar-refractivity contribution in [1.29, 1.82) is 0 Å². The molecule has 0 aliphatic heterocycles. The van der Waals surface area contributed by atoms with Crippen LogP contribution in [0.4, 0.5) is 4.39 Å². The van der Waals surface area contributed by atoms with E-state index in [1.165, 1.54) is 43.9 Å². The van der Waals surface area contributed by atoms with Crippen molar-refractivity contribution in [1.82, 2.24) is 14.9 Å². The zero-order chi connectivity index (χ0) is 22.2. The Balaban J connectivity index is 1.37. The minimum Gasteiger partial charge on any atom is -0.299 e. The molecule has 1 fully saturated rings. The predicted molar refractivity (Wildman–Crippen MR) is 129 cm³/mol. The molecule has 0 amide bonds. The highest BCUT2D eigenvalue weighted by molar-refractivity contribution is 5.59. The van der Waals surface area contributed by atoms with Gasteiger partial charge < -0.3 is 0 Å². The summed E-state index contributed by atoms with van der Waals surface area (Å²) in [5.41, 5.74) is 4.48. The topological polar surface area (TPSA) is 29.0 Å². The van der Waals surface area contributed by atoms with Gasteiger partial charge in [0.15, 0.2) is 0 Å². The molecule has 32 heavy (non-hydrogen) atoms. The molecule has 1 aromatic heterocycles. The Morgan fingerprint density at radius 3 is 2.59 bits per heavy atom. The summed E-state index contributed by atoms with van der Waals surface area (Å²) in [6.45, 7) is 5.55. The summed E-state index contributed by atoms with van der Waals surface area (Å²) >= 11 is 0. The van der Waals surface area contributed by atoms with Gasteiger partial charge in [0.05, 0.1) is 5.69 Å². The zero-order valence-electron chi connectivity index (χ0n) is 19.1. The summed E-state index contributed by atoms with van der Waals surface area (Å²) < 4.78 is 13.4. The molecule has 4 heteroatoms. The molecule has 0 spiro atoms. The molecule has 0 saturated heterocycles. The van der Waals surface area contributed by atoms with Gasteiger partial charge >= 0.3 is 0 Å². The second kappa shape index (κ2) is 11.3. The molecule has 0 radical (unpaired) electrons. The van der Waals surface area contributed by atoms with Crippen LogP contribution in [-0.4, -0.2) is 28.0 Å². The van der Waals surface area contributed by atoms with Crippen LogP contribution in [0.1, 0.15) is 56.0 Å². The standard InChI is InChI=1S/C28H34FN3/c1-2-32(20-23-8-3-4-9-23)21-24-12-5-13-25(18-24)27-16-17-30-28(31-27)15-7-11-22-10-6-14-26(29)19-22/h5-6,10,12-14,16-19,23H,2-4,7-9,11,15,20-21H2,1H3. The molecule has 0 atom stereocenters. The van der Waals surface area contributed by atoms with Crippen LogP contribution in [0.5, 0.6) is 0 Å². The molecule has 2 aromatic carbocycles. The molecule has 0 bridgehead atoms. The van der Waals surface area contributed by atoms with Crippen molar-refractivity contribution in [3.05, 3.63) is 83.6 Å². The third kappa shape index (κ3) is 6.46. The molecule has 3 aromatic rings. The fraction of sp³-hybridized carbons (Fsp3) is 0.429. The van der Waals surface area contributed by atoms with Gasteiger partial charge in [0, 0.05) is 31.3 Å². The van der Waals surface area contributed by atoms with E-state index in [1.54, 1.807) is 12.1 Å². The number of hydrogen-bond acceptors (Lipinski definition) is 3. The second-order valence-electron chi connectivity index (χ2n) is 9.02. The van der Waals surface area contributed by atoms with Gasteiger partial charge in [0.1, 0.15) is 11.6 Å². The number of hydrogen-bond donors (Lipinski definition) is 0. The number of benzene rings is 2. The van der Waals surface area contributed by atoms with Gasteiger partial charge in [-0.25, -0.2) is 14.4 Å². The summed E-state index contributed by atoms with van der Waals surface area (Å²) in [6, 6.07) is 17.6. The van der Waals surface area contributed by atoms with Crippen molar-refractivity contribution in [2.75, 3.05) is 13.1 Å². The first-order valence-corrected chi connectivity index (χ1v) is 12.1. The molecule has 1 aliphatic carbocycles. The molecule has 0 unspecified atom stereocenters. The molecule has 1 saturated carbocycles. The Hall–Kier alpha value is -2.59. The first-order chi connectivity index (χ1) is 15.7. The van der Waals surface area contributed by atoms with Crippen LogP contribution in [0.15, 0.2) is 60.8 Å². The Morgan fingerprint density at radius 1 is 0.969 bits per heavy atom. The Kier molecular flexibility index (Phi) is 8.00. The molecule has 168 valence electrons. The lowest BCUT2D eigenvalue weighted by Crippen LogP contribution is -2.28. The summed E-state index contributed by atoms with van der Waals surface area (Å²) in [5.74, 6) is 1.54. The van der Waals surface area contributed by atoms with Gasteiger partial charge in [-0.2, -0.15) is 0 Å². The average molecular weight is 432 g/mol. The first kappa shape index (κ1) is 22.6. The third-order valence-electron chi connectivity index (χ3n) is 6.53. The van der Waals surface area contributed by atoms with Gasteiger partial charge in [-0.3, -0.25) is 4.90 Å². The lowest BCUT2D eigenvalue weighted by atomic mass is 10.0. The van der Waals surface area contributed by atoms with Gasteiger partial charge in [0.2, 0.25) is 0 Å². The van der Waals surface area contributed by atoms with Crippen LogP contribution in [0.25, 0.3) is 11.3 Å². The molecule has 1 heterocycles. The highest BCUT2D eigenvalue weighted by atomic mass is 19.1. The van der Waals surface area contributed by atoms with E-state index in [0.717, 1.165) is 60.9 Å². The van der Waals surface area contributed by atoms with E-state index in [9.17, 15) is 4.39 Å². The SMILES string of the molecule is CCN(Cc1cccc(-c2ccnc(CCCc3cccc(F)c3)n2)c1)CC1CCCC1. The normalized spacial score (nSPS) is 14.3. The van der Waals surface area contributed by atoms with Crippen LogP contribution < -0.4 is 0 Å². The van der Waals surface area contributed by atoms with Gasteiger partial charge in [-0.1, -0.05) is 50.1 Å². The van der Waals surface area contributed by atoms with E-state index in [4.69, 9.17) is 4.98 Å². The van der Waals surface area contributed by atoms with Crippen molar-refractivity contribution < 1.29 is 4.39 Å². The highest BCUT2D eigenvalue weighted by Crippen LogP contribution is 2.26. The van der Waals surface area contributed by atoms with Crippen LogP contribution in [0.2, 0.25) is 0 Å². The quantitative estimate of drug-likeness (QED) is 0.368. The van der Waals surface area contributed by atoms with Crippen LogP contribution in [-0.2, 0) is 19.4 Å². The van der Waals surface area contributed by atoms with Crippen molar-refractivity contribution in [3.8, 4) is 11.3 Å². The van der Waals surface area contributed by atoms with Crippen LogP contribution in [0, 0.1) is 11.7 Å². The van der Waals surface area contributed by atoms with Crippen LogP contribution >= 0.6 is 0 Å². The summed E-state index contributed by atoms with van der Waals surface area (Å²) in [4.78, 5) is 11.9. The van der Waals surface area contributed by atoms with Crippen molar-refractivity contribution in [2.24, 2.45) is 5.92 Å². The number of halogens is 1. The minimum atomic E-state index is -0.175. The Labute approximate surface area is 191 Å². The molecular weight excluding hydrogens is 397 g/mol. The molecule has 1 aliphatic rings. The monoisotopic (exact) mass is 431 g/mol. The maximum Gasteiger partial charge on any atom is 0.128 e. The van der Waals surface area contributed by atoms with Crippen LogP contribution in [0.3, 0.4) is 0 Å². The van der Waals surface area contributed by atoms with Gasteiger partial charge in [0.25, 0.3) is 0 Å². The van der Waals surface area contributed by atoms with Gasteiger partial charge in [-0.15, -0.1) is 0 Å². The largest absolute Gasteiger partial charge is 0.299 e. The lowest BCUT2D eigenvalue weighted by molar-refractivity contribution is 0.235. The summed E-state index contributed by atoms with van der Waals surface area (Å²) in [7, 11) is 0. The molecule has 0 N–H and O–H groups in total. The Morgan fingerprint density at radius 2 is 1.78 bits per heavy atom. The van der Waals surface area contributed by atoms with Crippen molar-refractivity contribution >= 4 is 0 Å². The smallest absolute Gasteiger partial charge is 0.128 e. The third-order valence-corrected chi connectivity index (χ3v) is 6.53. The van der Waals surface area contributed by atoms with E-state index in [0.29, 0.717) is 0 Å². The maximum absolute atomic E-state index is 13.4. The zero-order valence-corrected chi connectivity index (χ0v) is 19.1. The predicted octanol–water partition coefficient (Wildman–Crippen LogP) is 6.47. The molecular formula is C28H34FN3. The van der Waals surface area contributed by atoms with Crippen molar-refractivity contribution in [2.45, 2.75) is 58.4 Å². The van der Waals surface area contributed by atoms with E-state index in [2.05, 4.69) is 41.1 Å². The highest BCUT2D eigenvalue weighted by Gasteiger charge is 2.18. The fourth-order valence-corrected chi connectivity index (χ4v) is 4.77. The molecule has 4 rings (SSSR count). The van der Waals surface area contributed by atoms with E-state index in [-0.39, 0.29) is 5.82 Å². The molecule has 3 nitrogen and oxygen atoms in total. The number of rotatable bonds is 10. The lowest BCUT2D eigenvalue weighted by Gasteiger charge is -2.24. The Bertz CT molecular complexity index is 997. The fourth-order valence-electron chi connectivity index (χ4n) is 4.77. The maximum atomic E-state index is 13.4. The summed E-state index contributed by atoms with van der Waals surface area (Å²) in [5, 5.41) is 0. The first-order valence-electron chi connectivity index (χ1n) is 12.1. The van der Waals surface area contributed by atoms with Gasteiger partial charge in [-0.05, 0) is 73.5 Å². The second-order valence-corrected chi connectivity index (χ2v) is 9.02. The number of aryl methyl sites for hydroxylation is 2.